The average Bonchev–Trinajstić information content (AvgIpc) is 3.42. The minimum absolute atomic E-state index is 0.271. The highest BCUT2D eigenvalue weighted by atomic mass is 32.1. The van der Waals surface area contributed by atoms with E-state index in [4.69, 9.17) is 11.0 Å². The van der Waals surface area contributed by atoms with Gasteiger partial charge in [-0.05, 0) is 42.9 Å². The van der Waals surface area contributed by atoms with Crippen LogP contribution in [0.15, 0.2) is 29.1 Å². The monoisotopic (exact) mass is 463 g/mol. The van der Waals surface area contributed by atoms with Gasteiger partial charge in [0.05, 0.1) is 22.7 Å². The zero-order chi connectivity index (χ0) is 23.1. The number of amides is 2. The van der Waals surface area contributed by atoms with Crippen LogP contribution >= 0.6 is 11.3 Å². The number of carbonyl (C=O) groups excluding carboxylic acids is 2. The number of piperidine rings is 1. The molecule has 0 radical (unpaired) electrons. The van der Waals surface area contributed by atoms with Crippen molar-refractivity contribution in [2.75, 3.05) is 24.5 Å². The second-order valence-electron chi connectivity index (χ2n) is 8.26. The molecule has 0 aliphatic carbocycles. The lowest BCUT2D eigenvalue weighted by Crippen LogP contribution is -2.44. The molecule has 1 atom stereocenters. The van der Waals surface area contributed by atoms with Crippen molar-refractivity contribution < 1.29 is 22.8 Å². The lowest BCUT2D eigenvalue weighted by molar-refractivity contribution is -0.137. The minimum atomic E-state index is -4.62. The number of nitrogens with two attached hydrogens (primary N) is 1. The molecule has 1 unspecified atom stereocenters. The van der Waals surface area contributed by atoms with Gasteiger partial charge in [0.1, 0.15) is 11.7 Å². The maximum Gasteiger partial charge on any atom is 0.417 e. The molecule has 1 aromatic heterocycles. The lowest BCUT2D eigenvalue weighted by Gasteiger charge is -2.40. The van der Waals surface area contributed by atoms with Crippen LogP contribution in [0.5, 0.6) is 0 Å². The molecule has 1 aromatic carbocycles. The number of nitrogens with zero attached hydrogens (tertiary/aromatic N) is 4. The number of alkyl halides is 3. The van der Waals surface area contributed by atoms with Gasteiger partial charge in [0, 0.05) is 30.7 Å². The van der Waals surface area contributed by atoms with Crippen LogP contribution in [-0.4, -0.2) is 47.4 Å². The van der Waals surface area contributed by atoms with Crippen molar-refractivity contribution >= 4 is 28.8 Å². The summed E-state index contributed by atoms with van der Waals surface area (Å²) in [5.41, 5.74) is 6.09. The van der Waals surface area contributed by atoms with Crippen LogP contribution in [0.4, 0.5) is 18.9 Å². The van der Waals surface area contributed by atoms with Crippen LogP contribution < -0.4 is 10.6 Å². The van der Waals surface area contributed by atoms with Crippen molar-refractivity contribution in [1.82, 2.24) is 9.88 Å². The summed E-state index contributed by atoms with van der Waals surface area (Å²) in [5.74, 6) is -0.911. The third kappa shape index (κ3) is 4.02. The zero-order valence-corrected chi connectivity index (χ0v) is 17.7. The van der Waals surface area contributed by atoms with Gasteiger partial charge in [-0.1, -0.05) is 0 Å². The van der Waals surface area contributed by atoms with E-state index in [1.165, 1.54) is 28.4 Å². The van der Waals surface area contributed by atoms with E-state index in [0.717, 1.165) is 6.07 Å². The number of nitriles is 1. The van der Waals surface area contributed by atoms with Gasteiger partial charge >= 0.3 is 6.18 Å². The first kappa shape index (κ1) is 22.1. The van der Waals surface area contributed by atoms with Gasteiger partial charge in [-0.2, -0.15) is 18.4 Å². The zero-order valence-electron chi connectivity index (χ0n) is 16.9. The molecular weight excluding hydrogens is 443 g/mol. The molecule has 168 valence electrons. The normalized spacial score (nSPS) is 20.4. The first-order chi connectivity index (χ1) is 15.1. The van der Waals surface area contributed by atoms with Crippen molar-refractivity contribution in [2.24, 2.45) is 11.1 Å². The summed E-state index contributed by atoms with van der Waals surface area (Å²) in [6.45, 7) is 1.28. The number of rotatable bonds is 3. The van der Waals surface area contributed by atoms with Gasteiger partial charge in [-0.3, -0.25) is 9.59 Å². The van der Waals surface area contributed by atoms with Crippen molar-refractivity contribution in [1.29, 1.82) is 5.26 Å². The first-order valence-corrected chi connectivity index (χ1v) is 10.9. The molecule has 4 rings (SSSR count). The average molecular weight is 463 g/mol. The van der Waals surface area contributed by atoms with Crippen LogP contribution in [0.2, 0.25) is 0 Å². The Labute approximate surface area is 186 Å². The topological polar surface area (TPSA) is 103 Å². The summed E-state index contributed by atoms with van der Waals surface area (Å²) in [6.07, 6.45) is -3.00. The maximum atomic E-state index is 13.3. The number of aromatic nitrogens is 1. The predicted octanol–water partition coefficient (Wildman–Crippen LogP) is 3.02. The van der Waals surface area contributed by atoms with E-state index in [1.54, 1.807) is 17.0 Å². The van der Waals surface area contributed by atoms with E-state index in [-0.39, 0.29) is 17.0 Å². The number of thiazole rings is 1. The predicted molar refractivity (Wildman–Crippen MR) is 111 cm³/mol. The fraction of sp³-hybridized carbons (Fsp3) is 0.429. The number of hydrogen-bond acceptors (Lipinski definition) is 6. The summed E-state index contributed by atoms with van der Waals surface area (Å²) in [4.78, 5) is 32.3. The molecule has 1 spiro atoms. The van der Waals surface area contributed by atoms with Gasteiger partial charge in [0.25, 0.3) is 5.91 Å². The number of likely N-dealkylation sites (tertiary alicyclic amines) is 1. The largest absolute Gasteiger partial charge is 0.417 e. The van der Waals surface area contributed by atoms with Crippen molar-refractivity contribution in [3.05, 3.63) is 45.9 Å². The molecule has 2 saturated heterocycles. The van der Waals surface area contributed by atoms with Crippen LogP contribution in [0, 0.1) is 16.7 Å². The van der Waals surface area contributed by atoms with E-state index in [2.05, 4.69) is 4.98 Å². The smallest absolute Gasteiger partial charge is 0.371 e. The van der Waals surface area contributed by atoms with E-state index in [1.807, 2.05) is 4.90 Å². The molecule has 3 heterocycles. The van der Waals surface area contributed by atoms with Crippen molar-refractivity contribution in [3.8, 4) is 6.07 Å². The number of carbonyl (C=O) groups is 2. The van der Waals surface area contributed by atoms with E-state index < -0.39 is 29.3 Å². The number of anilines is 1. The van der Waals surface area contributed by atoms with E-state index in [0.29, 0.717) is 44.6 Å². The van der Waals surface area contributed by atoms with Crippen LogP contribution in [0.25, 0.3) is 0 Å². The number of primary amides is 1. The Morgan fingerprint density at radius 3 is 2.56 bits per heavy atom. The standard InChI is InChI=1S/C21H20F3N5O2S/c22-21(23,24)15-7-14(2-1-13(15)9-25)28-5-3-20(4-6-28)8-17(18(26)30)29(11-20)19(31)16-10-32-12-27-16/h1-2,7,10,12,17H,3-6,8,11H2,(H2,26,30). The van der Waals surface area contributed by atoms with Crippen molar-refractivity contribution in [3.63, 3.8) is 0 Å². The summed E-state index contributed by atoms with van der Waals surface area (Å²) in [6, 6.07) is 4.57. The summed E-state index contributed by atoms with van der Waals surface area (Å²) >= 11 is 1.29. The Hall–Kier alpha value is -3.13. The molecule has 0 saturated carbocycles. The third-order valence-electron chi connectivity index (χ3n) is 6.37. The lowest BCUT2D eigenvalue weighted by atomic mass is 9.76. The Kier molecular flexibility index (Phi) is 5.58. The molecule has 32 heavy (non-hydrogen) atoms. The summed E-state index contributed by atoms with van der Waals surface area (Å²) in [5, 5.41) is 10.6. The fourth-order valence-corrected chi connectivity index (χ4v) is 5.18. The van der Waals surface area contributed by atoms with Crippen LogP contribution in [0.1, 0.15) is 40.9 Å². The third-order valence-corrected chi connectivity index (χ3v) is 6.95. The van der Waals surface area contributed by atoms with Gasteiger partial charge in [-0.25, -0.2) is 4.98 Å². The molecule has 2 N–H and O–H groups in total. The second-order valence-corrected chi connectivity index (χ2v) is 8.97. The molecule has 0 bridgehead atoms. The highest BCUT2D eigenvalue weighted by molar-refractivity contribution is 7.07. The molecule has 2 amide bonds. The molecule has 2 aliphatic rings. The molecule has 11 heteroatoms. The van der Waals surface area contributed by atoms with Crippen molar-refractivity contribution in [2.45, 2.75) is 31.5 Å². The Bertz CT molecular complexity index is 1070. The number of hydrogen-bond donors (Lipinski definition) is 1. The van der Waals surface area contributed by atoms with Gasteiger partial charge in [0.15, 0.2) is 0 Å². The Morgan fingerprint density at radius 1 is 1.28 bits per heavy atom. The number of halogens is 3. The Morgan fingerprint density at radius 2 is 2.00 bits per heavy atom. The second kappa shape index (κ2) is 8.09. The quantitative estimate of drug-likeness (QED) is 0.754. The molecule has 2 aromatic rings. The highest BCUT2D eigenvalue weighted by Gasteiger charge is 2.49. The summed E-state index contributed by atoms with van der Waals surface area (Å²) < 4.78 is 40.0. The van der Waals surface area contributed by atoms with Crippen LogP contribution in [0.3, 0.4) is 0 Å². The van der Waals surface area contributed by atoms with Gasteiger partial charge in [-0.15, -0.1) is 11.3 Å². The molecule has 2 fully saturated rings. The molecule has 7 nitrogen and oxygen atoms in total. The molecular formula is C21H20F3N5O2S. The van der Waals surface area contributed by atoms with E-state index >= 15 is 0 Å². The number of benzene rings is 1. The minimum Gasteiger partial charge on any atom is -0.371 e. The van der Waals surface area contributed by atoms with Gasteiger partial charge < -0.3 is 15.5 Å². The first-order valence-electron chi connectivity index (χ1n) is 9.98. The SMILES string of the molecule is N#Cc1ccc(N2CCC3(CC2)CC(C(N)=O)N(C(=O)c2cscn2)C3)cc1C(F)(F)F. The highest BCUT2D eigenvalue weighted by Crippen LogP contribution is 2.45. The van der Waals surface area contributed by atoms with Gasteiger partial charge in [0.2, 0.25) is 5.91 Å². The summed E-state index contributed by atoms with van der Waals surface area (Å²) in [7, 11) is 0. The van der Waals surface area contributed by atoms with Crippen LogP contribution in [-0.2, 0) is 11.0 Å². The van der Waals surface area contributed by atoms with E-state index in [9.17, 15) is 22.8 Å². The fourth-order valence-electron chi connectivity index (χ4n) is 4.65. The Balaban J connectivity index is 1.51. The maximum absolute atomic E-state index is 13.3. The molecule has 2 aliphatic heterocycles.